The van der Waals surface area contributed by atoms with E-state index < -0.39 is 12.0 Å². The molecule has 1 aromatic rings. The van der Waals surface area contributed by atoms with E-state index in [-0.39, 0.29) is 5.75 Å². The van der Waals surface area contributed by atoms with Crippen molar-refractivity contribution in [3.63, 3.8) is 0 Å². The van der Waals surface area contributed by atoms with Crippen LogP contribution in [0.25, 0.3) is 0 Å². The van der Waals surface area contributed by atoms with E-state index in [1.54, 1.807) is 18.2 Å². The van der Waals surface area contributed by atoms with E-state index in [2.05, 4.69) is 6.92 Å². The fourth-order valence-electron chi connectivity index (χ4n) is 1.89. The zero-order chi connectivity index (χ0) is 16.4. The predicted octanol–water partition coefficient (Wildman–Crippen LogP) is 2.78. The lowest BCUT2D eigenvalue weighted by atomic mass is 10.1. The van der Waals surface area contributed by atoms with Crippen LogP contribution in [-0.4, -0.2) is 30.3 Å². The molecule has 1 aromatic carbocycles. The molecule has 5 nitrogen and oxygen atoms in total. The summed E-state index contributed by atoms with van der Waals surface area (Å²) in [5.41, 5.74) is 6.70. The number of esters is 1. The second-order valence-corrected chi connectivity index (χ2v) is 5.34. The van der Waals surface area contributed by atoms with Crippen molar-refractivity contribution in [3.05, 3.63) is 23.8 Å². The van der Waals surface area contributed by atoms with E-state index in [1.165, 1.54) is 0 Å². The minimum atomic E-state index is -0.704. The van der Waals surface area contributed by atoms with Crippen LogP contribution in [0, 0.1) is 0 Å². The van der Waals surface area contributed by atoms with Gasteiger partial charge in [0.2, 0.25) is 0 Å². The van der Waals surface area contributed by atoms with Gasteiger partial charge in [0.1, 0.15) is 6.04 Å². The van der Waals surface area contributed by atoms with Crippen molar-refractivity contribution < 1.29 is 19.4 Å². The Morgan fingerprint density at radius 2 is 1.91 bits per heavy atom. The van der Waals surface area contributed by atoms with Crippen molar-refractivity contribution in [1.82, 2.24) is 0 Å². The molecule has 1 rings (SSSR count). The average molecular weight is 309 g/mol. The molecule has 0 saturated carbocycles. The molecule has 1 atom stereocenters. The number of aromatic hydroxyl groups is 1. The van der Waals surface area contributed by atoms with Gasteiger partial charge in [-0.25, -0.2) is 0 Å². The Labute approximate surface area is 132 Å². The Kier molecular flexibility index (Phi) is 8.36. The van der Waals surface area contributed by atoms with E-state index >= 15 is 0 Å². The van der Waals surface area contributed by atoms with Crippen molar-refractivity contribution in [2.24, 2.45) is 5.73 Å². The monoisotopic (exact) mass is 309 g/mol. The summed E-state index contributed by atoms with van der Waals surface area (Å²) in [6, 6.07) is 4.32. The molecule has 0 amide bonds. The first-order valence-corrected chi connectivity index (χ1v) is 7.95. The number of ether oxygens (including phenoxy) is 2. The summed E-state index contributed by atoms with van der Waals surface area (Å²) in [6.45, 7) is 5.07. The molecule has 5 heteroatoms. The van der Waals surface area contributed by atoms with Crippen LogP contribution in [0.1, 0.15) is 45.1 Å². The molecule has 0 aliphatic rings. The lowest BCUT2D eigenvalue weighted by Gasteiger charge is -2.13. The van der Waals surface area contributed by atoms with Crippen LogP contribution in [0.3, 0.4) is 0 Å². The third-order valence-electron chi connectivity index (χ3n) is 3.28. The molecule has 0 fully saturated rings. The number of phenolic OH excluding ortho intramolecular Hbond substituents is 1. The Hall–Kier alpha value is -1.75. The SMILES string of the molecule is CCCCOC(=O)[C@@H](N)Cc1ccc(O)c(OCCCC)c1. The second-order valence-electron chi connectivity index (χ2n) is 5.34. The largest absolute Gasteiger partial charge is 0.504 e. The Morgan fingerprint density at radius 1 is 1.23 bits per heavy atom. The molecule has 0 unspecified atom stereocenters. The minimum absolute atomic E-state index is 0.0962. The molecule has 0 saturated heterocycles. The number of rotatable bonds is 10. The van der Waals surface area contributed by atoms with E-state index in [1.807, 2.05) is 6.92 Å². The smallest absolute Gasteiger partial charge is 0.323 e. The van der Waals surface area contributed by atoms with E-state index in [0.717, 1.165) is 31.2 Å². The van der Waals surface area contributed by atoms with Gasteiger partial charge in [-0.3, -0.25) is 4.79 Å². The molecular formula is C17H27NO4. The number of carbonyl (C=O) groups is 1. The summed E-state index contributed by atoms with van der Waals surface area (Å²) in [5.74, 6) is 0.131. The normalized spacial score (nSPS) is 12.0. The summed E-state index contributed by atoms with van der Waals surface area (Å²) in [5, 5.41) is 9.77. The molecule has 0 heterocycles. The van der Waals surface area contributed by atoms with Gasteiger partial charge in [0.05, 0.1) is 13.2 Å². The van der Waals surface area contributed by atoms with Crippen LogP contribution < -0.4 is 10.5 Å². The molecule has 0 radical (unpaired) electrons. The molecule has 0 aliphatic heterocycles. The van der Waals surface area contributed by atoms with Gasteiger partial charge in [-0.15, -0.1) is 0 Å². The summed E-state index contributed by atoms with van der Waals surface area (Å²) in [7, 11) is 0. The van der Waals surface area contributed by atoms with Crippen LogP contribution in [0.2, 0.25) is 0 Å². The molecule has 0 aromatic heterocycles. The highest BCUT2D eigenvalue weighted by atomic mass is 16.5. The highest BCUT2D eigenvalue weighted by Crippen LogP contribution is 2.27. The maximum absolute atomic E-state index is 11.8. The third kappa shape index (κ3) is 6.35. The molecule has 0 bridgehead atoms. The lowest BCUT2D eigenvalue weighted by molar-refractivity contribution is -0.145. The van der Waals surface area contributed by atoms with Gasteiger partial charge in [0.15, 0.2) is 11.5 Å². The summed E-state index contributed by atoms with van der Waals surface area (Å²) >= 11 is 0. The van der Waals surface area contributed by atoms with Gasteiger partial charge in [0, 0.05) is 0 Å². The number of unbranched alkanes of at least 4 members (excludes halogenated alkanes) is 2. The van der Waals surface area contributed by atoms with Crippen molar-refractivity contribution in [2.75, 3.05) is 13.2 Å². The Morgan fingerprint density at radius 3 is 2.59 bits per heavy atom. The molecule has 0 spiro atoms. The van der Waals surface area contributed by atoms with E-state index in [0.29, 0.717) is 25.4 Å². The van der Waals surface area contributed by atoms with Crippen molar-refractivity contribution in [2.45, 2.75) is 52.0 Å². The first kappa shape index (κ1) is 18.3. The van der Waals surface area contributed by atoms with Crippen molar-refractivity contribution >= 4 is 5.97 Å². The van der Waals surface area contributed by atoms with Crippen LogP contribution in [0.15, 0.2) is 18.2 Å². The average Bonchev–Trinajstić information content (AvgIpc) is 2.50. The summed E-state index contributed by atoms with van der Waals surface area (Å²) in [4.78, 5) is 11.8. The van der Waals surface area contributed by atoms with Gasteiger partial charge in [-0.1, -0.05) is 32.8 Å². The van der Waals surface area contributed by atoms with Crippen LogP contribution >= 0.6 is 0 Å². The topological polar surface area (TPSA) is 81.8 Å². The number of hydrogen-bond donors (Lipinski definition) is 2. The number of benzene rings is 1. The van der Waals surface area contributed by atoms with E-state index in [9.17, 15) is 9.90 Å². The van der Waals surface area contributed by atoms with Gasteiger partial charge in [0.25, 0.3) is 0 Å². The molecule has 22 heavy (non-hydrogen) atoms. The number of phenols is 1. The molecular weight excluding hydrogens is 282 g/mol. The number of nitrogens with two attached hydrogens (primary N) is 1. The maximum atomic E-state index is 11.8. The highest BCUT2D eigenvalue weighted by Gasteiger charge is 2.16. The first-order chi connectivity index (χ1) is 10.6. The zero-order valence-electron chi connectivity index (χ0n) is 13.5. The van der Waals surface area contributed by atoms with Crippen molar-refractivity contribution in [1.29, 1.82) is 0 Å². The molecule has 3 N–H and O–H groups in total. The summed E-state index contributed by atoms with van der Waals surface area (Å²) in [6.07, 6.45) is 4.11. The van der Waals surface area contributed by atoms with Crippen LogP contribution in [-0.2, 0) is 16.0 Å². The standard InChI is InChI=1S/C17H27NO4/c1-3-5-9-21-16-12-13(7-8-15(16)19)11-14(18)17(20)22-10-6-4-2/h7-8,12,14,19H,3-6,9-11,18H2,1-2H3/t14-/m0/s1. The third-order valence-corrected chi connectivity index (χ3v) is 3.28. The van der Waals surface area contributed by atoms with E-state index in [4.69, 9.17) is 15.2 Å². The quantitative estimate of drug-likeness (QED) is 0.513. The Balaban J connectivity index is 2.57. The molecule has 0 aliphatic carbocycles. The van der Waals surface area contributed by atoms with Gasteiger partial charge in [-0.2, -0.15) is 0 Å². The Bertz CT molecular complexity index is 462. The first-order valence-electron chi connectivity index (χ1n) is 7.95. The lowest BCUT2D eigenvalue weighted by Crippen LogP contribution is -2.34. The zero-order valence-corrected chi connectivity index (χ0v) is 13.5. The fourth-order valence-corrected chi connectivity index (χ4v) is 1.89. The van der Waals surface area contributed by atoms with Crippen molar-refractivity contribution in [3.8, 4) is 11.5 Å². The summed E-state index contributed by atoms with van der Waals surface area (Å²) < 4.78 is 10.6. The number of carbonyl (C=O) groups excluding carboxylic acids is 1. The van der Waals surface area contributed by atoms with Gasteiger partial charge in [-0.05, 0) is 37.0 Å². The number of hydrogen-bond acceptors (Lipinski definition) is 5. The predicted molar refractivity (Wildman–Crippen MR) is 86.1 cm³/mol. The fraction of sp³-hybridized carbons (Fsp3) is 0.588. The highest BCUT2D eigenvalue weighted by molar-refractivity contribution is 5.75. The van der Waals surface area contributed by atoms with Crippen LogP contribution in [0.5, 0.6) is 11.5 Å². The minimum Gasteiger partial charge on any atom is -0.504 e. The second kappa shape index (κ2) is 10.1. The molecule has 124 valence electrons. The van der Waals surface area contributed by atoms with Gasteiger partial charge < -0.3 is 20.3 Å². The van der Waals surface area contributed by atoms with Gasteiger partial charge >= 0.3 is 5.97 Å². The maximum Gasteiger partial charge on any atom is 0.323 e. The van der Waals surface area contributed by atoms with Crippen LogP contribution in [0.4, 0.5) is 0 Å².